The van der Waals surface area contributed by atoms with E-state index >= 15 is 0 Å². The molecule has 0 spiro atoms. The summed E-state index contributed by atoms with van der Waals surface area (Å²) in [6, 6.07) is 10.2. The number of nitro benzene ring substituents is 1. The highest BCUT2D eigenvalue weighted by molar-refractivity contribution is 6.22. The standard InChI is InChI=1S/C25H25N3O7/c1-14-6-9-19-20(10-14)24(31)27(23(19)30)18-5-3-4-16(11-18)25(32)35-13-22(29)26-17-8-7-15(2)21(12-17)28(33)34/h3-5,7-8,11-12,14,19-20H,6,9-10,13H2,1-2H3,(H,26,29)/t14-,19+,20+/m0/s1. The van der Waals surface area contributed by atoms with E-state index < -0.39 is 23.4 Å². The van der Waals surface area contributed by atoms with Crippen molar-refractivity contribution in [3.63, 3.8) is 0 Å². The second kappa shape index (κ2) is 9.65. The third-order valence-corrected chi connectivity index (χ3v) is 6.55. The maximum atomic E-state index is 12.9. The molecule has 1 aliphatic heterocycles. The first-order valence-corrected chi connectivity index (χ1v) is 11.4. The zero-order valence-corrected chi connectivity index (χ0v) is 19.4. The molecular formula is C25H25N3O7. The van der Waals surface area contributed by atoms with Gasteiger partial charge in [0.2, 0.25) is 11.8 Å². The first-order chi connectivity index (χ1) is 16.7. The molecule has 1 saturated heterocycles. The summed E-state index contributed by atoms with van der Waals surface area (Å²) < 4.78 is 5.07. The summed E-state index contributed by atoms with van der Waals surface area (Å²) >= 11 is 0. The Balaban J connectivity index is 1.40. The molecule has 1 saturated carbocycles. The zero-order chi connectivity index (χ0) is 25.3. The smallest absolute Gasteiger partial charge is 0.338 e. The molecule has 2 fully saturated rings. The second-order valence-corrected chi connectivity index (χ2v) is 9.08. The summed E-state index contributed by atoms with van der Waals surface area (Å²) in [5.41, 5.74) is 0.894. The fraction of sp³-hybridized carbons (Fsp3) is 0.360. The van der Waals surface area contributed by atoms with E-state index in [1.807, 2.05) is 0 Å². The maximum Gasteiger partial charge on any atom is 0.338 e. The highest BCUT2D eigenvalue weighted by Crippen LogP contribution is 2.42. The summed E-state index contributed by atoms with van der Waals surface area (Å²) in [6.45, 7) is 3.04. The van der Waals surface area contributed by atoms with Gasteiger partial charge in [0.05, 0.1) is 28.0 Å². The Morgan fingerprint density at radius 1 is 1.11 bits per heavy atom. The molecule has 10 heteroatoms. The van der Waals surface area contributed by atoms with Crippen molar-refractivity contribution in [1.29, 1.82) is 0 Å². The van der Waals surface area contributed by atoms with Crippen LogP contribution in [0.5, 0.6) is 0 Å². The predicted molar refractivity (Wildman–Crippen MR) is 126 cm³/mol. The van der Waals surface area contributed by atoms with Gasteiger partial charge in [0.1, 0.15) is 0 Å². The highest BCUT2D eigenvalue weighted by atomic mass is 16.6. The Labute approximate surface area is 201 Å². The van der Waals surface area contributed by atoms with Gasteiger partial charge in [0.25, 0.3) is 11.6 Å². The number of fused-ring (bicyclic) bond motifs is 1. The van der Waals surface area contributed by atoms with Gasteiger partial charge in [0.15, 0.2) is 6.61 Å². The van der Waals surface area contributed by atoms with Crippen LogP contribution in [0.2, 0.25) is 0 Å². The Hall–Kier alpha value is -4.08. The van der Waals surface area contributed by atoms with Gasteiger partial charge in [0, 0.05) is 17.3 Å². The van der Waals surface area contributed by atoms with Crippen molar-refractivity contribution in [2.24, 2.45) is 17.8 Å². The molecule has 1 aliphatic carbocycles. The molecule has 1 heterocycles. The number of ether oxygens (including phenoxy) is 1. The van der Waals surface area contributed by atoms with Crippen LogP contribution in [0.4, 0.5) is 17.1 Å². The number of amides is 3. The largest absolute Gasteiger partial charge is 0.452 e. The van der Waals surface area contributed by atoms with E-state index in [0.29, 0.717) is 30.0 Å². The van der Waals surface area contributed by atoms with Gasteiger partial charge in [-0.25, -0.2) is 4.79 Å². The van der Waals surface area contributed by atoms with Crippen LogP contribution >= 0.6 is 0 Å². The molecule has 0 aromatic heterocycles. The van der Waals surface area contributed by atoms with Crippen molar-refractivity contribution in [3.8, 4) is 0 Å². The predicted octanol–water partition coefficient (Wildman–Crippen LogP) is 3.62. The SMILES string of the molecule is Cc1ccc(NC(=O)COC(=O)c2cccc(N3C(=O)[C@@H]4CC[C@H](C)C[C@H]4C3=O)c2)cc1[N+](=O)[O-]. The lowest BCUT2D eigenvalue weighted by Gasteiger charge is -2.25. The van der Waals surface area contributed by atoms with Crippen LogP contribution in [0.3, 0.4) is 0 Å². The number of nitrogens with zero attached hydrogens (tertiary/aromatic N) is 2. The van der Waals surface area contributed by atoms with E-state index in [1.54, 1.807) is 19.1 Å². The van der Waals surface area contributed by atoms with Crippen LogP contribution in [-0.2, 0) is 19.1 Å². The average molecular weight is 479 g/mol. The molecule has 2 aromatic carbocycles. The normalized spacial score (nSPS) is 21.4. The van der Waals surface area contributed by atoms with Gasteiger partial charge in [-0.2, -0.15) is 0 Å². The minimum Gasteiger partial charge on any atom is -0.452 e. The number of carbonyl (C=O) groups is 4. The number of rotatable bonds is 6. The average Bonchev–Trinajstić information content (AvgIpc) is 3.07. The lowest BCUT2D eigenvalue weighted by Crippen LogP contribution is -2.31. The molecule has 2 aromatic rings. The number of esters is 1. The number of benzene rings is 2. The molecule has 2 aliphatic rings. The third kappa shape index (κ3) is 4.91. The van der Waals surface area contributed by atoms with Gasteiger partial charge < -0.3 is 10.1 Å². The summed E-state index contributed by atoms with van der Waals surface area (Å²) in [5, 5.41) is 13.5. The van der Waals surface area contributed by atoms with Gasteiger partial charge >= 0.3 is 5.97 Å². The molecule has 10 nitrogen and oxygen atoms in total. The molecule has 0 unspecified atom stereocenters. The summed E-state index contributed by atoms with van der Waals surface area (Å²) in [4.78, 5) is 62.2. The molecule has 3 amide bonds. The van der Waals surface area contributed by atoms with Crippen LogP contribution in [0, 0.1) is 34.8 Å². The molecule has 0 radical (unpaired) electrons. The maximum absolute atomic E-state index is 12.9. The van der Waals surface area contributed by atoms with Crippen LogP contribution in [0.25, 0.3) is 0 Å². The topological polar surface area (TPSA) is 136 Å². The molecule has 3 atom stereocenters. The van der Waals surface area contributed by atoms with E-state index in [9.17, 15) is 29.3 Å². The minimum absolute atomic E-state index is 0.0881. The Kier molecular flexibility index (Phi) is 6.63. The number of imide groups is 1. The van der Waals surface area contributed by atoms with E-state index in [-0.39, 0.29) is 40.6 Å². The third-order valence-electron chi connectivity index (χ3n) is 6.55. The Morgan fingerprint density at radius 3 is 2.60 bits per heavy atom. The van der Waals surface area contributed by atoms with Crippen molar-refractivity contribution in [2.75, 3.05) is 16.8 Å². The van der Waals surface area contributed by atoms with E-state index in [1.165, 1.54) is 30.3 Å². The summed E-state index contributed by atoms with van der Waals surface area (Å²) in [6.07, 6.45) is 2.25. The van der Waals surface area contributed by atoms with Crippen molar-refractivity contribution in [3.05, 3.63) is 63.7 Å². The molecule has 0 bridgehead atoms. The fourth-order valence-electron chi connectivity index (χ4n) is 4.71. The zero-order valence-electron chi connectivity index (χ0n) is 19.4. The van der Waals surface area contributed by atoms with Crippen LogP contribution in [-0.4, -0.2) is 35.2 Å². The van der Waals surface area contributed by atoms with E-state index in [4.69, 9.17) is 4.74 Å². The lowest BCUT2D eigenvalue weighted by molar-refractivity contribution is -0.385. The second-order valence-electron chi connectivity index (χ2n) is 9.08. The first-order valence-electron chi connectivity index (χ1n) is 11.4. The number of nitrogens with one attached hydrogen (secondary N) is 1. The van der Waals surface area contributed by atoms with E-state index in [0.717, 1.165) is 11.3 Å². The fourth-order valence-corrected chi connectivity index (χ4v) is 4.71. The van der Waals surface area contributed by atoms with Crippen molar-refractivity contribution in [1.82, 2.24) is 0 Å². The number of nitro groups is 1. The van der Waals surface area contributed by atoms with Crippen molar-refractivity contribution < 1.29 is 28.8 Å². The molecular weight excluding hydrogens is 454 g/mol. The van der Waals surface area contributed by atoms with Crippen molar-refractivity contribution in [2.45, 2.75) is 33.1 Å². The number of aryl methyl sites for hydroxylation is 1. The molecule has 1 N–H and O–H groups in total. The number of hydrogen-bond donors (Lipinski definition) is 1. The van der Waals surface area contributed by atoms with E-state index in [2.05, 4.69) is 12.2 Å². The number of anilines is 2. The minimum atomic E-state index is -0.804. The van der Waals surface area contributed by atoms with Gasteiger partial charge in [-0.1, -0.05) is 19.1 Å². The lowest BCUT2D eigenvalue weighted by atomic mass is 9.76. The number of carbonyl (C=O) groups excluding carboxylic acids is 4. The molecule has 182 valence electrons. The Bertz CT molecular complexity index is 1230. The molecule has 35 heavy (non-hydrogen) atoms. The monoisotopic (exact) mass is 479 g/mol. The highest BCUT2D eigenvalue weighted by Gasteiger charge is 2.50. The summed E-state index contributed by atoms with van der Waals surface area (Å²) in [5.74, 6) is -2.24. The summed E-state index contributed by atoms with van der Waals surface area (Å²) in [7, 11) is 0. The van der Waals surface area contributed by atoms with Crippen LogP contribution < -0.4 is 10.2 Å². The van der Waals surface area contributed by atoms with Gasteiger partial charge in [-0.05, 0) is 56.4 Å². The Morgan fingerprint density at radius 2 is 1.86 bits per heavy atom. The van der Waals surface area contributed by atoms with Gasteiger partial charge in [-0.3, -0.25) is 29.4 Å². The number of hydrogen-bond acceptors (Lipinski definition) is 7. The van der Waals surface area contributed by atoms with Crippen LogP contribution in [0.15, 0.2) is 42.5 Å². The van der Waals surface area contributed by atoms with Crippen LogP contribution in [0.1, 0.15) is 42.1 Å². The van der Waals surface area contributed by atoms with Gasteiger partial charge in [-0.15, -0.1) is 0 Å². The first kappa shape index (κ1) is 24.1. The molecule has 4 rings (SSSR count). The quantitative estimate of drug-likeness (QED) is 0.289. The van der Waals surface area contributed by atoms with Crippen molar-refractivity contribution >= 4 is 40.8 Å².